The molecule has 9 heteroatoms. The van der Waals surface area contributed by atoms with Crippen LogP contribution in [0.25, 0.3) is 0 Å². The van der Waals surface area contributed by atoms with Crippen LogP contribution < -0.4 is 5.73 Å². The maximum atomic E-state index is 12.7. The zero-order chi connectivity index (χ0) is 46.5. The Bertz CT molecular complexity index is 1300. The van der Waals surface area contributed by atoms with Gasteiger partial charge >= 0.3 is 13.8 Å². The molecule has 368 valence electrons. The van der Waals surface area contributed by atoms with E-state index >= 15 is 0 Å². The van der Waals surface area contributed by atoms with E-state index < -0.39 is 13.9 Å². The molecule has 0 aromatic rings. The number of hydrogen-bond donors (Lipinski definition) is 2. The van der Waals surface area contributed by atoms with Crippen molar-refractivity contribution in [2.24, 2.45) is 5.73 Å². The van der Waals surface area contributed by atoms with Gasteiger partial charge in [-0.05, 0) is 96.3 Å². The smallest absolute Gasteiger partial charge is 0.457 e. The molecule has 0 saturated carbocycles. The van der Waals surface area contributed by atoms with Crippen molar-refractivity contribution >= 4 is 13.8 Å². The van der Waals surface area contributed by atoms with Gasteiger partial charge in [-0.25, -0.2) is 4.57 Å². The monoisotopic (exact) mass is 914 g/mol. The van der Waals surface area contributed by atoms with Gasteiger partial charge in [-0.2, -0.15) is 0 Å². The Balaban J connectivity index is 4.02. The Hall–Kier alpha value is -2.58. The van der Waals surface area contributed by atoms with E-state index in [0.29, 0.717) is 13.0 Å². The van der Waals surface area contributed by atoms with Crippen molar-refractivity contribution in [2.45, 2.75) is 213 Å². The summed E-state index contributed by atoms with van der Waals surface area (Å²) in [6, 6.07) is 0. The molecule has 0 saturated heterocycles. The van der Waals surface area contributed by atoms with Gasteiger partial charge in [0.1, 0.15) is 6.10 Å². The lowest BCUT2D eigenvalue weighted by atomic mass is 10.1. The molecule has 64 heavy (non-hydrogen) atoms. The van der Waals surface area contributed by atoms with Crippen LogP contribution in [-0.2, 0) is 27.9 Å². The quantitative estimate of drug-likeness (QED) is 0.0268. The van der Waals surface area contributed by atoms with Gasteiger partial charge in [-0.3, -0.25) is 13.8 Å². The molecule has 0 aliphatic carbocycles. The zero-order valence-electron chi connectivity index (χ0n) is 41.0. The molecular weight excluding hydrogens is 818 g/mol. The number of carbonyl (C=O) groups excluding carboxylic acids is 1. The average molecular weight is 914 g/mol. The minimum Gasteiger partial charge on any atom is -0.457 e. The molecule has 3 N–H and O–H groups in total. The molecule has 0 amide bonds. The molecule has 0 aliphatic rings. The first-order chi connectivity index (χ1) is 31.4. The summed E-state index contributed by atoms with van der Waals surface area (Å²) in [6.45, 7) is 4.75. The maximum Gasteiger partial charge on any atom is 0.472 e. The predicted octanol–water partition coefficient (Wildman–Crippen LogP) is 16.2. The third-order valence-electron chi connectivity index (χ3n) is 10.5. The number of allylic oxidation sites excluding steroid dienone is 16. The van der Waals surface area contributed by atoms with Crippen molar-refractivity contribution in [3.05, 3.63) is 97.2 Å². The van der Waals surface area contributed by atoms with E-state index in [2.05, 4.69) is 111 Å². The summed E-state index contributed by atoms with van der Waals surface area (Å²) in [5.74, 6) is -0.348. The number of ether oxygens (including phenoxy) is 2. The molecule has 0 aliphatic heterocycles. The van der Waals surface area contributed by atoms with Crippen LogP contribution in [0.5, 0.6) is 0 Å². The standard InChI is InChI=1S/C55H96NO7P/c1-3-5-7-9-11-13-15-17-19-21-23-25-26-27-28-29-30-32-34-36-38-40-42-44-46-48-55(57)63-54(53-62-64(58,59)61-51-49-56)52-60-50-47-45-43-41-39-37-35-33-31-24-22-20-18-16-14-12-10-8-6-4-2/h5,7,11-14,17-20,23,25,27-28,30,32,54H,3-4,6,8-10,15-16,21-22,24,26,29,31,33-53,56H2,1-2H3,(H,58,59)/b7-5-,13-11-,14-12-,19-17-,20-18-,25-23-,28-27-,32-30-. The van der Waals surface area contributed by atoms with Gasteiger partial charge in [0.15, 0.2) is 0 Å². The number of hydrogen-bond acceptors (Lipinski definition) is 7. The summed E-state index contributed by atoms with van der Waals surface area (Å²) in [4.78, 5) is 22.6. The number of esters is 1. The molecule has 2 unspecified atom stereocenters. The lowest BCUT2D eigenvalue weighted by Crippen LogP contribution is -2.28. The second kappa shape index (κ2) is 51.4. The van der Waals surface area contributed by atoms with Crippen LogP contribution in [0.1, 0.15) is 206 Å². The molecule has 2 atom stereocenters. The van der Waals surface area contributed by atoms with E-state index in [1.165, 1.54) is 96.3 Å². The van der Waals surface area contributed by atoms with E-state index in [1.807, 2.05) is 0 Å². The van der Waals surface area contributed by atoms with Crippen molar-refractivity contribution in [2.75, 3.05) is 33.0 Å². The van der Waals surface area contributed by atoms with E-state index in [-0.39, 0.29) is 32.3 Å². The van der Waals surface area contributed by atoms with Crippen molar-refractivity contribution < 1.29 is 32.8 Å². The van der Waals surface area contributed by atoms with Crippen molar-refractivity contribution in [1.29, 1.82) is 0 Å². The summed E-state index contributed by atoms with van der Waals surface area (Å²) < 4.78 is 33.6. The second-order valence-corrected chi connectivity index (χ2v) is 18.1. The number of unbranched alkanes of at least 4 members (excludes halogenated alkanes) is 19. The number of nitrogens with two attached hydrogens (primary N) is 1. The fourth-order valence-corrected chi connectivity index (χ4v) is 7.50. The molecule has 0 fully saturated rings. The molecule has 0 heterocycles. The van der Waals surface area contributed by atoms with Crippen LogP contribution in [0.15, 0.2) is 97.2 Å². The van der Waals surface area contributed by atoms with Gasteiger partial charge in [-0.15, -0.1) is 0 Å². The first-order valence-corrected chi connectivity index (χ1v) is 27.2. The number of carbonyl (C=O) groups is 1. The minimum absolute atomic E-state index is 0.0921. The van der Waals surface area contributed by atoms with Gasteiger partial charge < -0.3 is 20.1 Å². The SMILES string of the molecule is CC/C=C\C/C=C\C/C=C\C/C=C\C/C=C\C/C=C\CCCCCCCCC(=O)OC(COCCCCCCCCCCCC/C=C\C/C=C\CCCCC)COP(=O)(O)OCCN. The highest BCUT2D eigenvalue weighted by Gasteiger charge is 2.25. The van der Waals surface area contributed by atoms with Crippen molar-refractivity contribution in [3.8, 4) is 0 Å². The fraction of sp³-hybridized carbons (Fsp3) is 0.691. The largest absolute Gasteiger partial charge is 0.472 e. The lowest BCUT2D eigenvalue weighted by Gasteiger charge is -2.20. The van der Waals surface area contributed by atoms with Crippen LogP contribution in [0.4, 0.5) is 0 Å². The molecule has 0 rings (SSSR count). The van der Waals surface area contributed by atoms with Crippen LogP contribution in [0.3, 0.4) is 0 Å². The normalized spacial score (nSPS) is 14.1. The molecule has 0 spiro atoms. The first-order valence-electron chi connectivity index (χ1n) is 25.7. The predicted molar refractivity (Wildman–Crippen MR) is 274 cm³/mol. The first kappa shape index (κ1) is 61.4. The van der Waals surface area contributed by atoms with Gasteiger partial charge in [-0.1, -0.05) is 201 Å². The molecule has 0 aromatic carbocycles. The van der Waals surface area contributed by atoms with Crippen LogP contribution in [-0.4, -0.2) is 49.9 Å². The zero-order valence-corrected chi connectivity index (χ0v) is 41.9. The number of rotatable bonds is 48. The number of phosphoric ester groups is 1. The number of phosphoric acid groups is 1. The summed E-state index contributed by atoms with van der Waals surface area (Å²) in [7, 11) is -4.30. The highest BCUT2D eigenvalue weighted by Crippen LogP contribution is 2.43. The molecule has 0 bridgehead atoms. The maximum absolute atomic E-state index is 12.7. The van der Waals surface area contributed by atoms with E-state index in [4.69, 9.17) is 24.3 Å². The van der Waals surface area contributed by atoms with Crippen molar-refractivity contribution in [3.63, 3.8) is 0 Å². The molecule has 0 radical (unpaired) electrons. The average Bonchev–Trinajstić information content (AvgIpc) is 3.29. The van der Waals surface area contributed by atoms with Gasteiger partial charge in [0, 0.05) is 19.6 Å². The third kappa shape index (κ3) is 50.4. The second-order valence-electron chi connectivity index (χ2n) is 16.6. The highest BCUT2D eigenvalue weighted by molar-refractivity contribution is 7.47. The Morgan fingerprint density at radius 1 is 0.484 bits per heavy atom. The molecule has 0 aromatic heterocycles. The fourth-order valence-electron chi connectivity index (χ4n) is 6.74. The van der Waals surface area contributed by atoms with Crippen LogP contribution >= 0.6 is 7.82 Å². The lowest BCUT2D eigenvalue weighted by molar-refractivity contribution is -0.154. The van der Waals surface area contributed by atoms with Crippen LogP contribution in [0.2, 0.25) is 0 Å². The topological polar surface area (TPSA) is 117 Å². The van der Waals surface area contributed by atoms with Gasteiger partial charge in [0.25, 0.3) is 0 Å². The van der Waals surface area contributed by atoms with Crippen molar-refractivity contribution in [1.82, 2.24) is 0 Å². The third-order valence-corrected chi connectivity index (χ3v) is 11.5. The Morgan fingerprint density at radius 2 is 0.875 bits per heavy atom. The molecule has 8 nitrogen and oxygen atoms in total. The Morgan fingerprint density at radius 3 is 1.31 bits per heavy atom. The Labute approximate surface area is 393 Å². The Kier molecular flexibility index (Phi) is 49.3. The highest BCUT2D eigenvalue weighted by atomic mass is 31.2. The molecular formula is C55H96NO7P. The summed E-state index contributed by atoms with van der Waals surface area (Å²) in [5.41, 5.74) is 5.39. The van der Waals surface area contributed by atoms with Gasteiger partial charge in [0.05, 0.1) is 19.8 Å². The summed E-state index contributed by atoms with van der Waals surface area (Å²) >= 11 is 0. The summed E-state index contributed by atoms with van der Waals surface area (Å²) in [6.07, 6.45) is 68.6. The van der Waals surface area contributed by atoms with E-state index in [1.54, 1.807) is 0 Å². The van der Waals surface area contributed by atoms with Crippen LogP contribution in [0, 0.1) is 0 Å². The van der Waals surface area contributed by atoms with E-state index in [0.717, 1.165) is 89.9 Å². The van der Waals surface area contributed by atoms with Gasteiger partial charge in [0.2, 0.25) is 0 Å². The minimum atomic E-state index is -4.30. The van der Waals surface area contributed by atoms with E-state index in [9.17, 15) is 14.3 Å². The summed E-state index contributed by atoms with van der Waals surface area (Å²) in [5, 5.41) is 0.